The maximum absolute atomic E-state index is 12.9. The van der Waals surface area contributed by atoms with E-state index in [1.165, 1.54) is 25.3 Å². The summed E-state index contributed by atoms with van der Waals surface area (Å²) in [5, 5.41) is 2.82. The van der Waals surface area contributed by atoms with Crippen LogP contribution in [-0.4, -0.2) is 40.8 Å². The van der Waals surface area contributed by atoms with Crippen molar-refractivity contribution in [1.82, 2.24) is 5.32 Å². The van der Waals surface area contributed by atoms with Crippen LogP contribution in [0.25, 0.3) is 0 Å². The van der Waals surface area contributed by atoms with Crippen LogP contribution < -0.4 is 19.5 Å². The molecule has 184 valence electrons. The predicted octanol–water partition coefficient (Wildman–Crippen LogP) is 3.98. The third-order valence-corrected chi connectivity index (χ3v) is 6.96. The van der Waals surface area contributed by atoms with E-state index in [0.29, 0.717) is 24.6 Å². The smallest absolute Gasteiger partial charge is 0.262 e. The van der Waals surface area contributed by atoms with E-state index in [0.717, 1.165) is 30.8 Å². The molecule has 3 aromatic carbocycles. The first kappa shape index (κ1) is 24.6. The lowest BCUT2D eigenvalue weighted by Gasteiger charge is -2.13. The molecule has 0 aliphatic carbocycles. The molecule has 0 radical (unpaired) electrons. The largest absolute Gasteiger partial charge is 0.495 e. The third kappa shape index (κ3) is 6.52. The number of carbonyl (C=O) groups excluding carboxylic acids is 1. The molecule has 2 N–H and O–H groups in total. The van der Waals surface area contributed by atoms with Gasteiger partial charge in [-0.05, 0) is 60.9 Å². The van der Waals surface area contributed by atoms with Gasteiger partial charge in [0.15, 0.2) is 0 Å². The minimum Gasteiger partial charge on any atom is -0.495 e. The summed E-state index contributed by atoms with van der Waals surface area (Å²) in [4.78, 5) is 12.7. The van der Waals surface area contributed by atoms with Gasteiger partial charge in [-0.3, -0.25) is 9.52 Å². The lowest BCUT2D eigenvalue weighted by molar-refractivity contribution is 0.0679. The Morgan fingerprint density at radius 1 is 1.06 bits per heavy atom. The molecule has 1 atom stereocenters. The number of ether oxygens (including phenoxy) is 3. The first-order valence-electron chi connectivity index (χ1n) is 11.3. The number of anilines is 1. The van der Waals surface area contributed by atoms with Crippen molar-refractivity contribution in [2.45, 2.75) is 30.4 Å². The maximum Gasteiger partial charge on any atom is 0.262 e. The molecule has 0 spiro atoms. The first-order chi connectivity index (χ1) is 16.9. The van der Waals surface area contributed by atoms with E-state index < -0.39 is 10.0 Å². The molecule has 0 saturated carbocycles. The molecule has 1 amide bonds. The Morgan fingerprint density at radius 2 is 1.86 bits per heavy atom. The van der Waals surface area contributed by atoms with Crippen LogP contribution in [-0.2, 0) is 21.3 Å². The molecule has 4 rings (SSSR count). The van der Waals surface area contributed by atoms with Crippen LogP contribution in [0.2, 0.25) is 0 Å². The number of carbonyl (C=O) groups is 1. The highest BCUT2D eigenvalue weighted by Crippen LogP contribution is 2.26. The number of rotatable bonds is 10. The van der Waals surface area contributed by atoms with Crippen LogP contribution in [0.3, 0.4) is 0 Å². The number of benzene rings is 3. The van der Waals surface area contributed by atoms with Crippen LogP contribution in [0, 0.1) is 0 Å². The highest BCUT2D eigenvalue weighted by atomic mass is 32.2. The van der Waals surface area contributed by atoms with E-state index in [2.05, 4.69) is 10.0 Å². The SMILES string of the molecule is COc1ccccc1NS(=O)(=O)c1cccc(C(=O)NCc2ccc(OCC3CCCO3)cc2)c1. The van der Waals surface area contributed by atoms with Crippen molar-refractivity contribution >= 4 is 21.6 Å². The van der Waals surface area contributed by atoms with Crippen LogP contribution in [0.1, 0.15) is 28.8 Å². The van der Waals surface area contributed by atoms with Gasteiger partial charge in [0, 0.05) is 18.7 Å². The Hall–Kier alpha value is -3.56. The zero-order chi connectivity index (χ0) is 24.7. The van der Waals surface area contributed by atoms with E-state index in [1.807, 2.05) is 24.3 Å². The number of para-hydroxylation sites is 2. The average Bonchev–Trinajstić information content (AvgIpc) is 3.41. The van der Waals surface area contributed by atoms with Crippen molar-refractivity contribution in [3.63, 3.8) is 0 Å². The van der Waals surface area contributed by atoms with Crippen molar-refractivity contribution in [2.75, 3.05) is 25.0 Å². The van der Waals surface area contributed by atoms with Crippen LogP contribution in [0.4, 0.5) is 5.69 Å². The fourth-order valence-corrected chi connectivity index (χ4v) is 4.81. The van der Waals surface area contributed by atoms with Crippen molar-refractivity contribution in [2.24, 2.45) is 0 Å². The lowest BCUT2D eigenvalue weighted by atomic mass is 10.2. The standard InChI is InChI=1S/C26H28N2O6S/c1-32-25-10-3-2-9-24(25)28-35(30,31)23-8-4-6-20(16-23)26(29)27-17-19-11-13-21(14-12-19)34-18-22-7-5-15-33-22/h2-4,6,8-14,16,22,28H,5,7,15,17-18H2,1H3,(H,27,29). The molecule has 8 nitrogen and oxygen atoms in total. The van der Waals surface area contributed by atoms with Crippen molar-refractivity contribution in [1.29, 1.82) is 0 Å². The van der Waals surface area contributed by atoms with E-state index in [-0.39, 0.29) is 22.5 Å². The molecule has 3 aromatic rings. The quantitative estimate of drug-likeness (QED) is 0.440. The second-order valence-electron chi connectivity index (χ2n) is 8.11. The molecule has 1 unspecified atom stereocenters. The van der Waals surface area contributed by atoms with Crippen molar-refractivity contribution in [3.8, 4) is 11.5 Å². The minimum absolute atomic E-state index is 0.0243. The summed E-state index contributed by atoms with van der Waals surface area (Å²) in [6, 6.07) is 20.0. The second kappa shape index (κ2) is 11.2. The Kier molecular flexibility index (Phi) is 7.89. The molecular weight excluding hydrogens is 468 g/mol. The van der Waals surface area contributed by atoms with Gasteiger partial charge in [-0.2, -0.15) is 0 Å². The van der Waals surface area contributed by atoms with Gasteiger partial charge in [0.2, 0.25) is 0 Å². The Morgan fingerprint density at radius 3 is 2.60 bits per heavy atom. The summed E-state index contributed by atoms with van der Waals surface area (Å²) in [6.45, 7) is 1.61. The highest BCUT2D eigenvalue weighted by molar-refractivity contribution is 7.92. The molecule has 35 heavy (non-hydrogen) atoms. The van der Waals surface area contributed by atoms with E-state index in [4.69, 9.17) is 14.2 Å². The summed E-state index contributed by atoms with van der Waals surface area (Å²) in [5.74, 6) is 0.766. The van der Waals surface area contributed by atoms with Gasteiger partial charge < -0.3 is 19.5 Å². The zero-order valence-electron chi connectivity index (χ0n) is 19.4. The molecule has 1 aliphatic rings. The molecule has 0 aromatic heterocycles. The van der Waals surface area contributed by atoms with E-state index in [1.54, 1.807) is 30.3 Å². The molecule has 1 aliphatic heterocycles. The number of nitrogens with one attached hydrogen (secondary N) is 2. The fraction of sp³-hybridized carbons (Fsp3) is 0.269. The van der Waals surface area contributed by atoms with Gasteiger partial charge in [-0.15, -0.1) is 0 Å². The van der Waals surface area contributed by atoms with Gasteiger partial charge in [0.25, 0.3) is 15.9 Å². The maximum atomic E-state index is 12.9. The van der Waals surface area contributed by atoms with E-state index in [9.17, 15) is 13.2 Å². The predicted molar refractivity (Wildman–Crippen MR) is 132 cm³/mol. The minimum atomic E-state index is -3.92. The van der Waals surface area contributed by atoms with E-state index >= 15 is 0 Å². The molecule has 1 heterocycles. The molecule has 1 fully saturated rings. The molecule has 1 saturated heterocycles. The molecule has 0 bridgehead atoms. The van der Waals surface area contributed by atoms with Gasteiger partial charge in [0.1, 0.15) is 18.1 Å². The first-order valence-corrected chi connectivity index (χ1v) is 12.8. The second-order valence-corrected chi connectivity index (χ2v) is 9.79. The monoisotopic (exact) mass is 496 g/mol. The average molecular weight is 497 g/mol. The highest BCUT2D eigenvalue weighted by Gasteiger charge is 2.19. The number of amides is 1. The van der Waals surface area contributed by atoms with Crippen LogP contribution >= 0.6 is 0 Å². The number of hydrogen-bond donors (Lipinski definition) is 2. The summed E-state index contributed by atoms with van der Waals surface area (Å²) in [6.07, 6.45) is 2.24. The normalized spacial score (nSPS) is 15.4. The fourth-order valence-electron chi connectivity index (χ4n) is 3.69. The molecular formula is C26H28N2O6S. The number of hydrogen-bond acceptors (Lipinski definition) is 6. The van der Waals surface area contributed by atoms with Gasteiger partial charge >= 0.3 is 0 Å². The van der Waals surface area contributed by atoms with Crippen LogP contribution in [0.5, 0.6) is 11.5 Å². The van der Waals surface area contributed by atoms with Crippen molar-refractivity contribution in [3.05, 3.63) is 83.9 Å². The third-order valence-electron chi connectivity index (χ3n) is 5.59. The van der Waals surface area contributed by atoms with Gasteiger partial charge in [0.05, 0.1) is 23.8 Å². The number of methoxy groups -OCH3 is 1. The van der Waals surface area contributed by atoms with Crippen LogP contribution in [0.15, 0.2) is 77.7 Å². The Balaban J connectivity index is 1.35. The van der Waals surface area contributed by atoms with Gasteiger partial charge in [-0.1, -0.05) is 30.3 Å². The Bertz CT molecular complexity index is 1250. The van der Waals surface area contributed by atoms with Crippen molar-refractivity contribution < 1.29 is 27.4 Å². The summed E-state index contributed by atoms with van der Waals surface area (Å²) >= 11 is 0. The summed E-state index contributed by atoms with van der Waals surface area (Å²) < 4.78 is 44.8. The molecule has 9 heteroatoms. The number of sulfonamides is 1. The topological polar surface area (TPSA) is 103 Å². The summed E-state index contributed by atoms with van der Waals surface area (Å²) in [5.41, 5.74) is 1.45. The zero-order valence-corrected chi connectivity index (χ0v) is 20.2. The van der Waals surface area contributed by atoms with Gasteiger partial charge in [-0.25, -0.2) is 8.42 Å². The Labute approximate surface area is 205 Å². The lowest BCUT2D eigenvalue weighted by Crippen LogP contribution is -2.23. The summed E-state index contributed by atoms with van der Waals surface area (Å²) in [7, 11) is -2.46.